The minimum absolute atomic E-state index is 0.398. The van der Waals surface area contributed by atoms with Gasteiger partial charge in [-0.2, -0.15) is 0 Å². The Morgan fingerprint density at radius 3 is 2.59 bits per heavy atom. The molecule has 0 saturated carbocycles. The van der Waals surface area contributed by atoms with Crippen LogP contribution in [0.1, 0.15) is 12.0 Å². The molecule has 0 atom stereocenters. The van der Waals surface area contributed by atoms with Gasteiger partial charge in [-0.05, 0) is 12.5 Å². The second-order valence-corrected chi connectivity index (χ2v) is 6.52. The number of ether oxygens (including phenoxy) is 1. The smallest absolute Gasteiger partial charge is 0.208 e. The number of hydrogen-bond donors (Lipinski definition) is 3. The highest BCUT2D eigenvalue weighted by atomic mass is 32.2. The first-order valence-electron chi connectivity index (χ1n) is 6.97. The van der Waals surface area contributed by atoms with E-state index in [0.717, 1.165) is 17.6 Å². The summed E-state index contributed by atoms with van der Waals surface area (Å²) in [6.45, 7) is 1.61. The lowest BCUT2D eigenvalue weighted by molar-refractivity contribution is 0.409. The first-order valence-corrected chi connectivity index (χ1v) is 8.86. The van der Waals surface area contributed by atoms with Gasteiger partial charge >= 0.3 is 0 Å². The van der Waals surface area contributed by atoms with Gasteiger partial charge in [-0.1, -0.05) is 18.2 Å². The molecule has 8 heteroatoms. The van der Waals surface area contributed by atoms with E-state index in [2.05, 4.69) is 20.3 Å². The fourth-order valence-electron chi connectivity index (χ4n) is 1.80. The van der Waals surface area contributed by atoms with Crippen LogP contribution in [0.3, 0.4) is 0 Å². The average Bonchev–Trinajstić information content (AvgIpc) is 2.49. The van der Waals surface area contributed by atoms with Gasteiger partial charge in [0.05, 0.1) is 13.4 Å². The summed E-state index contributed by atoms with van der Waals surface area (Å²) in [5, 5.41) is 6.31. The summed E-state index contributed by atoms with van der Waals surface area (Å²) >= 11 is 0. The maximum atomic E-state index is 10.9. The van der Waals surface area contributed by atoms with Gasteiger partial charge in [0.15, 0.2) is 5.96 Å². The Bertz CT molecular complexity index is 588. The zero-order chi connectivity index (χ0) is 16.4. The van der Waals surface area contributed by atoms with Crippen molar-refractivity contribution < 1.29 is 13.2 Å². The number of aliphatic imine (C=N–C) groups is 1. The van der Waals surface area contributed by atoms with Crippen molar-refractivity contribution in [2.45, 2.75) is 13.0 Å². The molecule has 0 aliphatic carbocycles. The summed E-state index contributed by atoms with van der Waals surface area (Å²) in [5.74, 6) is 1.48. The minimum atomic E-state index is -3.12. The van der Waals surface area contributed by atoms with Crippen LogP contribution < -0.4 is 20.1 Å². The molecule has 0 fully saturated rings. The summed E-state index contributed by atoms with van der Waals surface area (Å²) in [6, 6.07) is 7.76. The van der Waals surface area contributed by atoms with Gasteiger partial charge in [0.1, 0.15) is 5.75 Å². The highest BCUT2D eigenvalue weighted by Crippen LogP contribution is 2.16. The number of nitrogens with zero attached hydrogens (tertiary/aromatic N) is 1. The summed E-state index contributed by atoms with van der Waals surface area (Å²) < 4.78 is 29.6. The topological polar surface area (TPSA) is 91.8 Å². The zero-order valence-electron chi connectivity index (χ0n) is 13.2. The molecule has 0 spiro atoms. The van der Waals surface area contributed by atoms with Crippen LogP contribution in [0, 0.1) is 0 Å². The third-order valence-corrected chi connectivity index (χ3v) is 3.60. The van der Waals surface area contributed by atoms with E-state index in [-0.39, 0.29) is 0 Å². The number of sulfonamides is 1. The first-order chi connectivity index (χ1) is 10.5. The van der Waals surface area contributed by atoms with Gasteiger partial charge < -0.3 is 15.4 Å². The van der Waals surface area contributed by atoms with Crippen LogP contribution in [0.25, 0.3) is 0 Å². The Kier molecular flexibility index (Phi) is 7.69. The maximum absolute atomic E-state index is 10.9. The predicted molar refractivity (Wildman–Crippen MR) is 88.7 cm³/mol. The Hall–Kier alpha value is -1.80. The second-order valence-electron chi connectivity index (χ2n) is 4.68. The van der Waals surface area contributed by atoms with Crippen LogP contribution in [-0.4, -0.2) is 47.9 Å². The molecule has 3 N–H and O–H groups in total. The molecule has 0 saturated heterocycles. The van der Waals surface area contributed by atoms with E-state index < -0.39 is 10.0 Å². The number of guanidine groups is 1. The molecular formula is C14H24N4O3S. The quantitative estimate of drug-likeness (QED) is 0.363. The predicted octanol–water partition coefficient (Wildman–Crippen LogP) is 0.300. The third-order valence-electron chi connectivity index (χ3n) is 2.87. The van der Waals surface area contributed by atoms with Crippen LogP contribution in [0.15, 0.2) is 29.3 Å². The van der Waals surface area contributed by atoms with Crippen molar-refractivity contribution in [3.63, 3.8) is 0 Å². The van der Waals surface area contributed by atoms with Crippen LogP contribution in [0.5, 0.6) is 5.75 Å². The monoisotopic (exact) mass is 328 g/mol. The second kappa shape index (κ2) is 9.26. The van der Waals surface area contributed by atoms with E-state index in [1.54, 1.807) is 14.2 Å². The molecule has 0 amide bonds. The van der Waals surface area contributed by atoms with Gasteiger partial charge in [-0.3, -0.25) is 4.99 Å². The number of benzene rings is 1. The van der Waals surface area contributed by atoms with Crippen molar-refractivity contribution in [2.24, 2.45) is 4.99 Å². The molecule has 22 heavy (non-hydrogen) atoms. The summed E-state index contributed by atoms with van der Waals surface area (Å²) in [5.41, 5.74) is 1.03. The fourth-order valence-corrected chi connectivity index (χ4v) is 2.32. The molecule has 1 aromatic rings. The van der Waals surface area contributed by atoms with Gasteiger partial charge in [-0.25, -0.2) is 13.1 Å². The number of rotatable bonds is 8. The maximum Gasteiger partial charge on any atom is 0.208 e. The Labute approximate surface area is 132 Å². The van der Waals surface area contributed by atoms with Crippen LogP contribution in [-0.2, 0) is 16.6 Å². The van der Waals surface area contributed by atoms with E-state index >= 15 is 0 Å². The molecule has 124 valence electrons. The summed E-state index contributed by atoms with van der Waals surface area (Å²) in [6.07, 6.45) is 1.82. The molecule has 1 rings (SSSR count). The van der Waals surface area contributed by atoms with Crippen molar-refractivity contribution in [3.05, 3.63) is 29.8 Å². The number of para-hydroxylation sites is 1. The Balaban J connectivity index is 2.34. The largest absolute Gasteiger partial charge is 0.496 e. The van der Waals surface area contributed by atoms with Gasteiger partial charge in [0.2, 0.25) is 10.0 Å². The SMILES string of the molecule is CN=C(NCCCNS(C)(=O)=O)NCc1ccccc1OC. The zero-order valence-corrected chi connectivity index (χ0v) is 14.0. The third kappa shape index (κ3) is 7.28. The number of methoxy groups -OCH3 is 1. The van der Waals surface area contributed by atoms with Gasteiger partial charge in [-0.15, -0.1) is 0 Å². The molecule has 0 radical (unpaired) electrons. The lowest BCUT2D eigenvalue weighted by Crippen LogP contribution is -2.38. The fraction of sp³-hybridized carbons (Fsp3) is 0.500. The Morgan fingerprint density at radius 1 is 1.23 bits per heavy atom. The molecular weight excluding hydrogens is 304 g/mol. The minimum Gasteiger partial charge on any atom is -0.496 e. The van der Waals surface area contributed by atoms with Crippen molar-refractivity contribution >= 4 is 16.0 Å². The molecule has 1 aromatic carbocycles. The molecule has 0 heterocycles. The van der Waals surface area contributed by atoms with Gasteiger partial charge in [0, 0.05) is 32.2 Å². The van der Waals surface area contributed by atoms with Crippen molar-refractivity contribution in [1.82, 2.24) is 15.4 Å². The van der Waals surface area contributed by atoms with Crippen LogP contribution in [0.2, 0.25) is 0 Å². The average molecular weight is 328 g/mol. The standard InChI is InChI=1S/C14H24N4O3S/c1-15-14(16-9-6-10-18-22(3,19)20)17-11-12-7-4-5-8-13(12)21-2/h4-5,7-8,18H,6,9-11H2,1-3H3,(H2,15,16,17). The van der Waals surface area contributed by atoms with Crippen LogP contribution >= 0.6 is 0 Å². The summed E-state index contributed by atoms with van der Waals surface area (Å²) in [7, 11) is 0.204. The molecule has 7 nitrogen and oxygen atoms in total. The highest BCUT2D eigenvalue weighted by molar-refractivity contribution is 7.88. The van der Waals surface area contributed by atoms with Gasteiger partial charge in [0.25, 0.3) is 0 Å². The molecule has 0 aliphatic rings. The van der Waals surface area contributed by atoms with E-state index in [9.17, 15) is 8.42 Å². The highest BCUT2D eigenvalue weighted by Gasteiger charge is 2.03. The van der Waals surface area contributed by atoms with Crippen molar-refractivity contribution in [2.75, 3.05) is 33.5 Å². The van der Waals surface area contributed by atoms with E-state index in [0.29, 0.717) is 32.0 Å². The van der Waals surface area contributed by atoms with Crippen LogP contribution in [0.4, 0.5) is 0 Å². The van der Waals surface area contributed by atoms with Crippen molar-refractivity contribution in [3.8, 4) is 5.75 Å². The summed E-state index contributed by atoms with van der Waals surface area (Å²) in [4.78, 5) is 4.12. The van der Waals surface area contributed by atoms with E-state index in [4.69, 9.17) is 4.74 Å². The number of nitrogens with one attached hydrogen (secondary N) is 3. The molecule has 0 aliphatic heterocycles. The normalized spacial score (nSPS) is 12.0. The van der Waals surface area contributed by atoms with E-state index in [1.165, 1.54) is 0 Å². The molecule has 0 bridgehead atoms. The Morgan fingerprint density at radius 2 is 1.95 bits per heavy atom. The van der Waals surface area contributed by atoms with E-state index in [1.807, 2.05) is 24.3 Å². The lowest BCUT2D eigenvalue weighted by atomic mass is 10.2. The first kappa shape index (κ1) is 18.2. The van der Waals surface area contributed by atoms with Crippen molar-refractivity contribution in [1.29, 1.82) is 0 Å². The molecule has 0 aromatic heterocycles. The lowest BCUT2D eigenvalue weighted by Gasteiger charge is -2.13. The molecule has 0 unspecified atom stereocenters. The number of hydrogen-bond acceptors (Lipinski definition) is 4.